The molecule has 10 heavy (non-hydrogen) atoms. The topological polar surface area (TPSA) is 23.5 Å². The second kappa shape index (κ2) is 2.21. The molecule has 1 aliphatic carbocycles. The van der Waals surface area contributed by atoms with E-state index in [2.05, 4.69) is 4.90 Å². The van der Waals surface area contributed by atoms with Crippen LogP contribution < -0.4 is 0 Å². The number of aliphatic hydroxyl groups is 1. The van der Waals surface area contributed by atoms with Crippen LogP contribution in [0.15, 0.2) is 0 Å². The Kier molecular flexibility index (Phi) is 1.46. The molecule has 2 heteroatoms. The van der Waals surface area contributed by atoms with E-state index in [4.69, 9.17) is 5.11 Å². The molecular formula is C8H15NO. The molecule has 1 N–H and O–H groups in total. The van der Waals surface area contributed by atoms with E-state index < -0.39 is 0 Å². The van der Waals surface area contributed by atoms with Gasteiger partial charge in [0.25, 0.3) is 0 Å². The highest BCUT2D eigenvalue weighted by molar-refractivity contribution is 4.96. The van der Waals surface area contributed by atoms with E-state index in [1.54, 1.807) is 0 Å². The van der Waals surface area contributed by atoms with Gasteiger partial charge in [-0.15, -0.1) is 0 Å². The van der Waals surface area contributed by atoms with Crippen LogP contribution in [0.25, 0.3) is 0 Å². The van der Waals surface area contributed by atoms with Gasteiger partial charge < -0.3 is 10.0 Å². The van der Waals surface area contributed by atoms with Crippen LogP contribution >= 0.6 is 0 Å². The molecule has 2 unspecified atom stereocenters. The fraction of sp³-hybridized carbons (Fsp3) is 1.00. The maximum atomic E-state index is 9.07. The van der Waals surface area contributed by atoms with Gasteiger partial charge in [-0.25, -0.2) is 0 Å². The molecule has 0 bridgehead atoms. The Hall–Kier alpha value is -0.0800. The van der Waals surface area contributed by atoms with E-state index in [-0.39, 0.29) is 6.10 Å². The number of likely N-dealkylation sites (tertiary alicyclic amines) is 1. The van der Waals surface area contributed by atoms with Crippen molar-refractivity contribution in [3.05, 3.63) is 0 Å². The molecule has 1 aliphatic heterocycles. The average molecular weight is 141 g/mol. The van der Waals surface area contributed by atoms with Gasteiger partial charge >= 0.3 is 0 Å². The standard InChI is InChI=1S/C8H15NO/c1-6(10)3-9-4-7-2-8(7)5-9/h6-8,10H,2-5H2,1H3/t6-,7?,8?/m0/s1. The molecule has 3 atom stereocenters. The van der Waals surface area contributed by atoms with Gasteiger partial charge in [0.05, 0.1) is 6.10 Å². The summed E-state index contributed by atoms with van der Waals surface area (Å²) in [5.74, 6) is 2.00. The van der Waals surface area contributed by atoms with Crippen molar-refractivity contribution in [1.29, 1.82) is 0 Å². The molecular weight excluding hydrogens is 126 g/mol. The van der Waals surface area contributed by atoms with Crippen molar-refractivity contribution >= 4 is 0 Å². The lowest BCUT2D eigenvalue weighted by molar-refractivity contribution is 0.134. The fourth-order valence-corrected chi connectivity index (χ4v) is 2.02. The Balaban J connectivity index is 1.76. The summed E-state index contributed by atoms with van der Waals surface area (Å²) >= 11 is 0. The van der Waals surface area contributed by atoms with Crippen molar-refractivity contribution in [2.75, 3.05) is 19.6 Å². The highest BCUT2D eigenvalue weighted by Gasteiger charge is 2.44. The quantitative estimate of drug-likeness (QED) is 0.598. The van der Waals surface area contributed by atoms with E-state index in [1.165, 1.54) is 19.5 Å². The first kappa shape index (κ1) is 6.62. The Labute approximate surface area is 61.8 Å². The Morgan fingerprint density at radius 1 is 1.50 bits per heavy atom. The number of aliphatic hydroxyl groups excluding tert-OH is 1. The second-order valence-corrected chi connectivity index (χ2v) is 3.82. The van der Waals surface area contributed by atoms with E-state index in [0.717, 1.165) is 18.4 Å². The molecule has 2 aliphatic rings. The third-order valence-corrected chi connectivity index (χ3v) is 2.58. The maximum absolute atomic E-state index is 9.07. The third-order valence-electron chi connectivity index (χ3n) is 2.58. The van der Waals surface area contributed by atoms with Crippen LogP contribution in [0.2, 0.25) is 0 Å². The third kappa shape index (κ3) is 1.18. The molecule has 1 saturated carbocycles. The molecule has 0 amide bonds. The maximum Gasteiger partial charge on any atom is 0.0639 e. The van der Waals surface area contributed by atoms with Crippen LogP contribution in [0.5, 0.6) is 0 Å². The first-order chi connectivity index (χ1) is 4.75. The van der Waals surface area contributed by atoms with Crippen molar-refractivity contribution < 1.29 is 5.11 Å². The molecule has 58 valence electrons. The Bertz CT molecular complexity index is 125. The summed E-state index contributed by atoms with van der Waals surface area (Å²) in [6.07, 6.45) is 1.31. The molecule has 0 aromatic heterocycles. The molecule has 2 rings (SSSR count). The number of rotatable bonds is 2. The Morgan fingerprint density at radius 2 is 2.10 bits per heavy atom. The molecule has 0 radical (unpaired) electrons. The number of nitrogens with zero attached hydrogens (tertiary/aromatic N) is 1. The zero-order valence-electron chi connectivity index (χ0n) is 6.45. The van der Waals surface area contributed by atoms with E-state index in [9.17, 15) is 0 Å². The fourth-order valence-electron chi connectivity index (χ4n) is 2.02. The lowest BCUT2D eigenvalue weighted by Gasteiger charge is -2.18. The van der Waals surface area contributed by atoms with Gasteiger partial charge in [0.2, 0.25) is 0 Å². The molecule has 0 aromatic rings. The number of fused-ring (bicyclic) bond motifs is 1. The van der Waals surface area contributed by atoms with Crippen LogP contribution in [-0.4, -0.2) is 35.7 Å². The highest BCUT2D eigenvalue weighted by atomic mass is 16.3. The van der Waals surface area contributed by atoms with Gasteiger partial charge in [-0.05, 0) is 25.2 Å². The summed E-state index contributed by atoms with van der Waals surface area (Å²) in [5.41, 5.74) is 0. The minimum Gasteiger partial charge on any atom is -0.392 e. The van der Waals surface area contributed by atoms with Crippen LogP contribution in [0.3, 0.4) is 0 Å². The Morgan fingerprint density at radius 3 is 2.60 bits per heavy atom. The number of hydrogen-bond acceptors (Lipinski definition) is 2. The highest BCUT2D eigenvalue weighted by Crippen LogP contribution is 2.44. The SMILES string of the molecule is C[C@H](O)CN1CC2CC2C1. The van der Waals surface area contributed by atoms with Crippen LogP contribution in [0.1, 0.15) is 13.3 Å². The van der Waals surface area contributed by atoms with Gasteiger partial charge in [-0.2, -0.15) is 0 Å². The lowest BCUT2D eigenvalue weighted by Crippen LogP contribution is -2.30. The van der Waals surface area contributed by atoms with Gasteiger partial charge in [0.1, 0.15) is 0 Å². The summed E-state index contributed by atoms with van der Waals surface area (Å²) in [6, 6.07) is 0. The van der Waals surface area contributed by atoms with Crippen molar-refractivity contribution in [2.45, 2.75) is 19.4 Å². The molecule has 2 fully saturated rings. The summed E-state index contributed by atoms with van der Waals surface area (Å²) in [4.78, 5) is 2.38. The lowest BCUT2D eigenvalue weighted by atomic mass is 10.3. The van der Waals surface area contributed by atoms with Crippen molar-refractivity contribution in [3.8, 4) is 0 Å². The smallest absolute Gasteiger partial charge is 0.0639 e. The molecule has 1 heterocycles. The van der Waals surface area contributed by atoms with Crippen molar-refractivity contribution in [2.24, 2.45) is 11.8 Å². The van der Waals surface area contributed by atoms with E-state index >= 15 is 0 Å². The minimum absolute atomic E-state index is 0.141. The zero-order chi connectivity index (χ0) is 7.14. The van der Waals surface area contributed by atoms with E-state index in [1.807, 2.05) is 6.92 Å². The first-order valence-electron chi connectivity index (χ1n) is 4.16. The van der Waals surface area contributed by atoms with Gasteiger partial charge in [0, 0.05) is 19.6 Å². The van der Waals surface area contributed by atoms with Crippen molar-refractivity contribution in [1.82, 2.24) is 4.90 Å². The molecule has 0 spiro atoms. The van der Waals surface area contributed by atoms with Crippen LogP contribution in [0, 0.1) is 11.8 Å². The average Bonchev–Trinajstić information content (AvgIpc) is 2.39. The number of piperidine rings is 1. The predicted octanol–water partition coefficient (Wildman–Crippen LogP) is 0.319. The summed E-state index contributed by atoms with van der Waals surface area (Å²) in [5, 5.41) is 9.07. The van der Waals surface area contributed by atoms with Crippen molar-refractivity contribution in [3.63, 3.8) is 0 Å². The van der Waals surface area contributed by atoms with Crippen LogP contribution in [-0.2, 0) is 0 Å². The van der Waals surface area contributed by atoms with E-state index in [0.29, 0.717) is 0 Å². The first-order valence-corrected chi connectivity index (χ1v) is 4.16. The van der Waals surface area contributed by atoms with Gasteiger partial charge in [-0.1, -0.05) is 0 Å². The van der Waals surface area contributed by atoms with Crippen LogP contribution in [0.4, 0.5) is 0 Å². The monoisotopic (exact) mass is 141 g/mol. The molecule has 1 saturated heterocycles. The minimum atomic E-state index is -0.141. The molecule has 0 aromatic carbocycles. The summed E-state index contributed by atoms with van der Waals surface area (Å²) in [6.45, 7) is 5.24. The normalized spacial score (nSPS) is 41.4. The largest absolute Gasteiger partial charge is 0.392 e. The summed E-state index contributed by atoms with van der Waals surface area (Å²) < 4.78 is 0. The second-order valence-electron chi connectivity index (χ2n) is 3.82. The predicted molar refractivity (Wildman–Crippen MR) is 39.7 cm³/mol. The summed E-state index contributed by atoms with van der Waals surface area (Å²) in [7, 11) is 0. The number of β-amino-alcohol motifs (C(OH)–C–C–N with tert-alkyl or cyclic N) is 1. The number of hydrogen-bond donors (Lipinski definition) is 1. The zero-order valence-corrected chi connectivity index (χ0v) is 6.45. The van der Waals surface area contributed by atoms with Gasteiger partial charge in [-0.3, -0.25) is 0 Å². The molecule has 2 nitrogen and oxygen atoms in total. The van der Waals surface area contributed by atoms with Gasteiger partial charge in [0.15, 0.2) is 0 Å².